The third-order valence-corrected chi connectivity index (χ3v) is 2.69. The van der Waals surface area contributed by atoms with Gasteiger partial charge in [-0.25, -0.2) is 0 Å². The summed E-state index contributed by atoms with van der Waals surface area (Å²) in [6, 6.07) is -0.310. The molecule has 1 aliphatic rings. The van der Waals surface area contributed by atoms with E-state index in [-0.39, 0.29) is 11.9 Å². The number of carbonyl (C=O) groups is 2. The van der Waals surface area contributed by atoms with E-state index in [9.17, 15) is 9.59 Å². The lowest BCUT2D eigenvalue weighted by atomic mass is 10.0. The first-order valence-corrected chi connectivity index (χ1v) is 5.29. The third-order valence-electron chi connectivity index (χ3n) is 2.69. The molecule has 0 aliphatic carbocycles. The molecule has 0 spiro atoms. The van der Waals surface area contributed by atoms with Crippen LogP contribution in [0.5, 0.6) is 0 Å². The van der Waals surface area contributed by atoms with Crippen LogP contribution in [0.25, 0.3) is 0 Å². The Balaban J connectivity index is 2.62. The van der Waals surface area contributed by atoms with Gasteiger partial charge in [-0.2, -0.15) is 0 Å². The van der Waals surface area contributed by atoms with Crippen LogP contribution in [0.3, 0.4) is 0 Å². The molecule has 1 fully saturated rings. The second kappa shape index (κ2) is 4.61. The molecule has 15 heavy (non-hydrogen) atoms. The molecule has 0 radical (unpaired) electrons. The van der Waals surface area contributed by atoms with Gasteiger partial charge in [-0.1, -0.05) is 0 Å². The molecular weight excluding hydrogens is 194 g/mol. The van der Waals surface area contributed by atoms with Gasteiger partial charge >= 0.3 is 0 Å². The first-order chi connectivity index (χ1) is 6.93. The summed E-state index contributed by atoms with van der Waals surface area (Å²) in [5.74, 6) is -0.485. The van der Waals surface area contributed by atoms with Crippen molar-refractivity contribution in [1.29, 1.82) is 0 Å². The zero-order valence-corrected chi connectivity index (χ0v) is 9.30. The Kier molecular flexibility index (Phi) is 3.68. The van der Waals surface area contributed by atoms with Gasteiger partial charge in [-0.3, -0.25) is 14.9 Å². The maximum atomic E-state index is 11.6. The van der Waals surface area contributed by atoms with Crippen molar-refractivity contribution in [1.82, 2.24) is 10.6 Å². The Labute approximate surface area is 89.8 Å². The molecule has 1 aliphatic heterocycles. The van der Waals surface area contributed by atoms with Crippen LogP contribution in [0.1, 0.15) is 33.1 Å². The van der Waals surface area contributed by atoms with E-state index >= 15 is 0 Å². The summed E-state index contributed by atoms with van der Waals surface area (Å²) < 4.78 is 0. The molecule has 0 bridgehead atoms. The van der Waals surface area contributed by atoms with E-state index in [0.29, 0.717) is 6.54 Å². The molecule has 0 aromatic heterocycles. The van der Waals surface area contributed by atoms with Crippen LogP contribution in [-0.4, -0.2) is 29.9 Å². The van der Waals surface area contributed by atoms with Crippen molar-refractivity contribution >= 4 is 11.8 Å². The standard InChI is InChI=1S/C10H19N3O2/c1-10(2,9(11)15)13-7-5-3-4-6-12-8(7)14/h7,13H,3-6H2,1-2H3,(H2,11,15)(H,12,14). The second-order valence-electron chi connectivity index (χ2n) is 4.47. The number of primary amides is 1. The molecule has 0 saturated carbocycles. The van der Waals surface area contributed by atoms with Gasteiger partial charge in [0.05, 0.1) is 11.6 Å². The molecule has 1 atom stereocenters. The summed E-state index contributed by atoms with van der Waals surface area (Å²) in [5, 5.41) is 5.80. The fourth-order valence-electron chi connectivity index (χ4n) is 1.58. The smallest absolute Gasteiger partial charge is 0.237 e. The van der Waals surface area contributed by atoms with Crippen LogP contribution in [0, 0.1) is 0 Å². The van der Waals surface area contributed by atoms with Gasteiger partial charge in [-0.15, -0.1) is 0 Å². The Morgan fingerprint density at radius 3 is 2.80 bits per heavy atom. The lowest BCUT2D eigenvalue weighted by Gasteiger charge is -2.27. The van der Waals surface area contributed by atoms with Crippen LogP contribution in [0.15, 0.2) is 0 Å². The largest absolute Gasteiger partial charge is 0.368 e. The van der Waals surface area contributed by atoms with Gasteiger partial charge in [0.25, 0.3) is 0 Å². The minimum atomic E-state index is -0.841. The van der Waals surface area contributed by atoms with Crippen LogP contribution in [0.4, 0.5) is 0 Å². The number of amides is 2. The van der Waals surface area contributed by atoms with E-state index < -0.39 is 11.4 Å². The van der Waals surface area contributed by atoms with Crippen LogP contribution < -0.4 is 16.4 Å². The topological polar surface area (TPSA) is 84.2 Å². The molecule has 1 saturated heterocycles. The number of nitrogens with one attached hydrogen (secondary N) is 2. The van der Waals surface area contributed by atoms with Crippen molar-refractivity contribution in [2.45, 2.75) is 44.7 Å². The maximum absolute atomic E-state index is 11.6. The van der Waals surface area contributed by atoms with E-state index in [2.05, 4.69) is 10.6 Å². The van der Waals surface area contributed by atoms with Gasteiger partial charge in [0.15, 0.2) is 0 Å². The predicted molar refractivity (Wildman–Crippen MR) is 57.1 cm³/mol. The molecule has 1 rings (SSSR count). The van der Waals surface area contributed by atoms with Crippen LogP contribution >= 0.6 is 0 Å². The molecule has 1 unspecified atom stereocenters. The lowest BCUT2D eigenvalue weighted by molar-refractivity contribution is -0.126. The second-order valence-corrected chi connectivity index (χ2v) is 4.47. The Morgan fingerprint density at radius 1 is 1.53 bits per heavy atom. The Morgan fingerprint density at radius 2 is 2.20 bits per heavy atom. The molecular formula is C10H19N3O2. The molecule has 0 aromatic rings. The first kappa shape index (κ1) is 12.0. The average Bonchev–Trinajstić information content (AvgIpc) is 2.31. The quantitative estimate of drug-likeness (QED) is 0.591. The highest BCUT2D eigenvalue weighted by molar-refractivity contribution is 5.86. The van der Waals surface area contributed by atoms with Crippen molar-refractivity contribution in [3.05, 3.63) is 0 Å². The van der Waals surface area contributed by atoms with Gasteiger partial charge in [-0.05, 0) is 33.1 Å². The number of hydrogen-bond donors (Lipinski definition) is 3. The summed E-state index contributed by atoms with van der Waals surface area (Å²) >= 11 is 0. The summed E-state index contributed by atoms with van der Waals surface area (Å²) in [6.07, 6.45) is 2.72. The van der Waals surface area contributed by atoms with Crippen LogP contribution in [0.2, 0.25) is 0 Å². The summed E-state index contributed by atoms with van der Waals surface area (Å²) in [7, 11) is 0. The van der Waals surface area contributed by atoms with Crippen molar-refractivity contribution in [3.8, 4) is 0 Å². The molecule has 2 amide bonds. The van der Waals surface area contributed by atoms with Gasteiger partial charge < -0.3 is 11.1 Å². The molecule has 0 aromatic carbocycles. The number of carbonyl (C=O) groups excluding carboxylic acids is 2. The van der Waals surface area contributed by atoms with Crippen molar-refractivity contribution in [3.63, 3.8) is 0 Å². The minimum Gasteiger partial charge on any atom is -0.368 e. The average molecular weight is 213 g/mol. The van der Waals surface area contributed by atoms with E-state index in [1.165, 1.54) is 0 Å². The van der Waals surface area contributed by atoms with Gasteiger partial charge in [0.2, 0.25) is 11.8 Å². The maximum Gasteiger partial charge on any atom is 0.237 e. The summed E-state index contributed by atoms with van der Waals surface area (Å²) in [6.45, 7) is 4.09. The first-order valence-electron chi connectivity index (χ1n) is 5.29. The van der Waals surface area contributed by atoms with E-state index in [1.54, 1.807) is 13.8 Å². The number of nitrogens with two attached hydrogens (primary N) is 1. The van der Waals surface area contributed by atoms with E-state index in [4.69, 9.17) is 5.73 Å². The summed E-state index contributed by atoms with van der Waals surface area (Å²) in [4.78, 5) is 22.7. The molecule has 1 heterocycles. The Bertz CT molecular complexity index is 263. The fourth-order valence-corrected chi connectivity index (χ4v) is 1.58. The zero-order valence-electron chi connectivity index (χ0n) is 9.30. The minimum absolute atomic E-state index is 0.0400. The third kappa shape index (κ3) is 3.20. The highest BCUT2D eigenvalue weighted by atomic mass is 16.2. The molecule has 86 valence electrons. The number of hydrogen-bond acceptors (Lipinski definition) is 3. The van der Waals surface area contributed by atoms with Gasteiger partial charge in [0, 0.05) is 6.54 Å². The normalized spacial score (nSPS) is 23.1. The Hall–Kier alpha value is -1.10. The predicted octanol–water partition coefficient (Wildman–Crippen LogP) is -0.491. The SMILES string of the molecule is CC(C)(NC1CCCCNC1=O)C(N)=O. The highest BCUT2D eigenvalue weighted by Crippen LogP contribution is 2.10. The zero-order chi connectivity index (χ0) is 11.5. The van der Waals surface area contributed by atoms with Crippen LogP contribution in [-0.2, 0) is 9.59 Å². The van der Waals surface area contributed by atoms with E-state index in [1.807, 2.05) is 0 Å². The highest BCUT2D eigenvalue weighted by Gasteiger charge is 2.31. The van der Waals surface area contributed by atoms with Crippen molar-refractivity contribution in [2.24, 2.45) is 5.73 Å². The molecule has 5 heteroatoms. The monoisotopic (exact) mass is 213 g/mol. The van der Waals surface area contributed by atoms with Gasteiger partial charge in [0.1, 0.15) is 0 Å². The lowest BCUT2D eigenvalue weighted by Crippen LogP contribution is -2.58. The summed E-state index contributed by atoms with van der Waals surface area (Å²) in [5.41, 5.74) is 4.40. The number of rotatable bonds is 3. The van der Waals surface area contributed by atoms with Crippen molar-refractivity contribution < 1.29 is 9.59 Å². The van der Waals surface area contributed by atoms with E-state index in [0.717, 1.165) is 19.3 Å². The fraction of sp³-hybridized carbons (Fsp3) is 0.800. The molecule has 4 N–H and O–H groups in total. The van der Waals surface area contributed by atoms with Crippen molar-refractivity contribution in [2.75, 3.05) is 6.54 Å². The molecule has 5 nitrogen and oxygen atoms in total.